The highest BCUT2D eigenvalue weighted by molar-refractivity contribution is 5.96. The fourth-order valence-electron chi connectivity index (χ4n) is 2.84. The van der Waals surface area contributed by atoms with Crippen LogP contribution in [0.4, 0.5) is 5.69 Å². The molecule has 5 heteroatoms. The lowest BCUT2D eigenvalue weighted by Crippen LogP contribution is -2.43. The number of rotatable bonds is 6. The predicted molar refractivity (Wildman–Crippen MR) is 104 cm³/mol. The summed E-state index contributed by atoms with van der Waals surface area (Å²) in [5.41, 5.74) is 2.99. The zero-order chi connectivity index (χ0) is 18.5. The Balaban J connectivity index is 1.65. The highest BCUT2D eigenvalue weighted by atomic mass is 16.2. The lowest BCUT2D eigenvalue weighted by atomic mass is 10.2. The quantitative estimate of drug-likeness (QED) is 0.686. The normalized spacial score (nSPS) is 12.2. The van der Waals surface area contributed by atoms with E-state index >= 15 is 0 Å². The van der Waals surface area contributed by atoms with E-state index in [0.29, 0.717) is 6.54 Å². The van der Waals surface area contributed by atoms with Crippen molar-refractivity contribution in [3.8, 4) is 5.69 Å². The van der Waals surface area contributed by atoms with Crippen LogP contribution in [0.5, 0.6) is 0 Å². The first-order valence-electron chi connectivity index (χ1n) is 8.68. The third-order valence-corrected chi connectivity index (χ3v) is 4.58. The van der Waals surface area contributed by atoms with Crippen LogP contribution < -0.4 is 4.90 Å². The molecular weight excluding hydrogens is 324 g/mol. The number of aromatic nitrogens is 2. The summed E-state index contributed by atoms with van der Waals surface area (Å²) in [7, 11) is 3.77. The molecule has 0 bridgehead atoms. The Hall–Kier alpha value is -2.92. The minimum Gasteiger partial charge on any atom is -0.314 e. The first-order valence-corrected chi connectivity index (χ1v) is 8.68. The number of nitrogens with zero attached hydrogens (tertiary/aromatic N) is 4. The molecule has 0 fully saturated rings. The van der Waals surface area contributed by atoms with Gasteiger partial charge in [0.05, 0.1) is 17.9 Å². The number of anilines is 1. The third kappa shape index (κ3) is 4.00. The summed E-state index contributed by atoms with van der Waals surface area (Å²) < 4.78 is 1.85. The summed E-state index contributed by atoms with van der Waals surface area (Å²) in [4.78, 5) is 16.5. The van der Waals surface area contributed by atoms with Gasteiger partial charge in [-0.1, -0.05) is 36.4 Å². The third-order valence-electron chi connectivity index (χ3n) is 4.58. The van der Waals surface area contributed by atoms with Crippen molar-refractivity contribution in [1.29, 1.82) is 0 Å². The lowest BCUT2D eigenvalue weighted by Gasteiger charge is -2.28. The summed E-state index contributed by atoms with van der Waals surface area (Å²) in [5, 5.41) is 4.42. The van der Waals surface area contributed by atoms with E-state index in [1.54, 1.807) is 4.90 Å². The number of hydrogen-bond donors (Lipinski definition) is 0. The van der Waals surface area contributed by atoms with Crippen molar-refractivity contribution >= 4 is 11.6 Å². The van der Waals surface area contributed by atoms with Gasteiger partial charge in [0.1, 0.15) is 0 Å². The topological polar surface area (TPSA) is 41.4 Å². The maximum Gasteiger partial charge on any atom is 0.243 e. The second-order valence-electron chi connectivity index (χ2n) is 6.45. The van der Waals surface area contributed by atoms with Gasteiger partial charge in [0.15, 0.2) is 0 Å². The molecule has 3 aromatic rings. The average molecular weight is 348 g/mol. The number of benzene rings is 2. The van der Waals surface area contributed by atoms with Gasteiger partial charge in [-0.25, -0.2) is 4.68 Å². The summed E-state index contributed by atoms with van der Waals surface area (Å²) in [6.07, 6.45) is 3.85. The van der Waals surface area contributed by atoms with Crippen LogP contribution in [-0.4, -0.2) is 40.7 Å². The van der Waals surface area contributed by atoms with Crippen molar-refractivity contribution in [3.63, 3.8) is 0 Å². The van der Waals surface area contributed by atoms with E-state index in [4.69, 9.17) is 0 Å². The lowest BCUT2D eigenvalue weighted by molar-refractivity contribution is -0.122. The van der Waals surface area contributed by atoms with Crippen LogP contribution in [0.3, 0.4) is 0 Å². The zero-order valence-corrected chi connectivity index (χ0v) is 15.4. The van der Waals surface area contributed by atoms with Gasteiger partial charge in [-0.2, -0.15) is 5.10 Å². The Kier molecular flexibility index (Phi) is 5.49. The summed E-state index contributed by atoms with van der Waals surface area (Å²) in [5.74, 6) is 0.0640. The molecule has 0 aliphatic rings. The Morgan fingerprint density at radius 3 is 2.31 bits per heavy atom. The molecule has 0 spiro atoms. The summed E-state index contributed by atoms with van der Waals surface area (Å²) in [6.45, 7) is 2.59. The molecule has 1 atom stereocenters. The van der Waals surface area contributed by atoms with Crippen molar-refractivity contribution in [1.82, 2.24) is 14.7 Å². The van der Waals surface area contributed by atoms with Crippen LogP contribution in [0.1, 0.15) is 12.5 Å². The SMILES string of the molecule is CC(C(=O)N(C)c1ccccc1)N(C)Cc1cnn(-c2ccccc2)c1. The number of para-hydroxylation sites is 2. The highest BCUT2D eigenvalue weighted by Gasteiger charge is 2.22. The van der Waals surface area contributed by atoms with Gasteiger partial charge >= 0.3 is 0 Å². The van der Waals surface area contributed by atoms with E-state index < -0.39 is 0 Å². The number of carbonyl (C=O) groups excluding carboxylic acids is 1. The number of hydrogen-bond acceptors (Lipinski definition) is 3. The monoisotopic (exact) mass is 348 g/mol. The number of likely N-dealkylation sites (N-methyl/N-ethyl adjacent to an activating group) is 2. The minimum absolute atomic E-state index is 0.0640. The molecule has 0 aliphatic heterocycles. The van der Waals surface area contributed by atoms with Crippen molar-refractivity contribution in [2.45, 2.75) is 19.5 Å². The van der Waals surface area contributed by atoms with Crippen molar-refractivity contribution in [2.24, 2.45) is 0 Å². The molecule has 0 aliphatic carbocycles. The van der Waals surface area contributed by atoms with Crippen LogP contribution in [0, 0.1) is 0 Å². The molecule has 1 heterocycles. The molecule has 26 heavy (non-hydrogen) atoms. The van der Waals surface area contributed by atoms with Gasteiger partial charge in [-0.15, -0.1) is 0 Å². The highest BCUT2D eigenvalue weighted by Crippen LogP contribution is 2.15. The van der Waals surface area contributed by atoms with Crippen LogP contribution in [0.2, 0.25) is 0 Å². The minimum atomic E-state index is -0.236. The largest absolute Gasteiger partial charge is 0.314 e. The van der Waals surface area contributed by atoms with Gasteiger partial charge in [-0.3, -0.25) is 9.69 Å². The Labute approximate surface area is 154 Å². The van der Waals surface area contributed by atoms with E-state index in [0.717, 1.165) is 16.9 Å². The van der Waals surface area contributed by atoms with Gasteiger partial charge < -0.3 is 4.90 Å². The zero-order valence-electron chi connectivity index (χ0n) is 15.4. The molecule has 2 aromatic carbocycles. The first-order chi connectivity index (χ1) is 12.6. The fourth-order valence-corrected chi connectivity index (χ4v) is 2.84. The molecule has 0 N–H and O–H groups in total. The van der Waals surface area contributed by atoms with Crippen LogP contribution >= 0.6 is 0 Å². The average Bonchev–Trinajstić information content (AvgIpc) is 3.16. The van der Waals surface area contributed by atoms with Gasteiger partial charge in [0.25, 0.3) is 0 Å². The van der Waals surface area contributed by atoms with Crippen LogP contribution in [0.25, 0.3) is 5.69 Å². The fraction of sp³-hybridized carbons (Fsp3) is 0.238. The van der Waals surface area contributed by atoms with Gasteiger partial charge in [-0.05, 0) is 38.2 Å². The van der Waals surface area contributed by atoms with Crippen LogP contribution in [-0.2, 0) is 11.3 Å². The first kappa shape index (κ1) is 17.9. The molecule has 1 aromatic heterocycles. The summed E-state index contributed by atoms with van der Waals surface area (Å²) >= 11 is 0. The molecular formula is C21H24N4O. The smallest absolute Gasteiger partial charge is 0.243 e. The van der Waals surface area contributed by atoms with E-state index in [1.807, 2.05) is 104 Å². The molecule has 0 saturated carbocycles. The molecule has 0 radical (unpaired) electrons. The Morgan fingerprint density at radius 2 is 1.65 bits per heavy atom. The second kappa shape index (κ2) is 7.97. The maximum atomic E-state index is 12.8. The number of carbonyl (C=O) groups is 1. The Morgan fingerprint density at radius 1 is 1.04 bits per heavy atom. The van der Waals surface area contributed by atoms with Crippen molar-refractivity contribution in [2.75, 3.05) is 19.0 Å². The molecule has 1 unspecified atom stereocenters. The van der Waals surface area contributed by atoms with E-state index in [9.17, 15) is 4.79 Å². The molecule has 134 valence electrons. The van der Waals surface area contributed by atoms with Crippen molar-refractivity contribution < 1.29 is 4.79 Å². The molecule has 0 saturated heterocycles. The van der Waals surface area contributed by atoms with Gasteiger partial charge in [0.2, 0.25) is 5.91 Å². The van der Waals surface area contributed by atoms with Crippen LogP contribution in [0.15, 0.2) is 73.1 Å². The van der Waals surface area contributed by atoms with E-state index in [1.165, 1.54) is 0 Å². The van der Waals surface area contributed by atoms with Crippen molar-refractivity contribution in [3.05, 3.63) is 78.6 Å². The molecule has 3 rings (SSSR count). The van der Waals surface area contributed by atoms with E-state index in [2.05, 4.69) is 5.10 Å². The molecule has 5 nitrogen and oxygen atoms in total. The molecule has 1 amide bonds. The maximum absolute atomic E-state index is 12.8. The predicted octanol–water partition coefficient (Wildman–Crippen LogP) is 3.36. The number of amides is 1. The standard InChI is InChI=1S/C21H24N4O/c1-17(21(26)24(3)19-10-6-4-7-11-19)23(2)15-18-14-22-25(16-18)20-12-8-5-9-13-20/h4-14,16-17H,15H2,1-3H3. The second-order valence-corrected chi connectivity index (χ2v) is 6.45. The summed E-state index contributed by atoms with van der Waals surface area (Å²) in [6, 6.07) is 19.5. The Bertz CT molecular complexity index is 845. The van der Waals surface area contributed by atoms with E-state index in [-0.39, 0.29) is 11.9 Å². The van der Waals surface area contributed by atoms with Gasteiger partial charge in [0, 0.05) is 31.0 Å².